The number of benzene rings is 1. The fraction of sp³-hybridized carbons (Fsp3) is 0.571. The first-order valence-electron chi connectivity index (χ1n) is 6.66. The Bertz CT molecular complexity index is 454. The zero-order valence-electron chi connectivity index (χ0n) is 11.3. The number of likely N-dealkylation sites (tertiary alicyclic amines) is 1. The lowest BCUT2D eigenvalue weighted by molar-refractivity contribution is -0.147. The second-order valence-corrected chi connectivity index (χ2v) is 6.08. The van der Waals surface area contributed by atoms with Gasteiger partial charge in [-0.25, -0.2) is 0 Å². The quantitative estimate of drug-likeness (QED) is 0.878. The molecule has 0 saturated carbocycles. The number of nitrogens with one attached hydrogen (secondary N) is 1. The van der Waals surface area contributed by atoms with E-state index in [9.17, 15) is 13.2 Å². The van der Waals surface area contributed by atoms with Gasteiger partial charge >= 0.3 is 6.18 Å². The molecule has 1 aliphatic rings. The highest BCUT2D eigenvalue weighted by molar-refractivity contribution is 9.10. The van der Waals surface area contributed by atoms with Gasteiger partial charge in [0, 0.05) is 29.3 Å². The lowest BCUT2D eigenvalue weighted by Gasteiger charge is -2.33. The molecule has 1 aliphatic heterocycles. The van der Waals surface area contributed by atoms with Gasteiger partial charge in [0.1, 0.15) is 0 Å². The number of halogens is 4. The molecular formula is C14H18BrF3N2. The molecule has 2 rings (SSSR count). The Morgan fingerprint density at radius 3 is 2.55 bits per heavy atom. The predicted octanol–water partition coefficient (Wildman–Crippen LogP) is 4.20. The van der Waals surface area contributed by atoms with E-state index in [1.807, 2.05) is 25.1 Å². The van der Waals surface area contributed by atoms with Gasteiger partial charge in [-0.05, 0) is 37.5 Å². The summed E-state index contributed by atoms with van der Waals surface area (Å²) in [5, 5.41) is 3.44. The van der Waals surface area contributed by atoms with Gasteiger partial charge in [-0.15, -0.1) is 0 Å². The van der Waals surface area contributed by atoms with E-state index in [0.29, 0.717) is 13.1 Å². The Morgan fingerprint density at radius 1 is 1.30 bits per heavy atom. The molecule has 0 amide bonds. The van der Waals surface area contributed by atoms with Crippen molar-refractivity contribution in [1.82, 2.24) is 4.90 Å². The van der Waals surface area contributed by atoms with Gasteiger partial charge in [0.25, 0.3) is 0 Å². The molecule has 0 aromatic heterocycles. The Kier molecular flexibility index (Phi) is 4.96. The Morgan fingerprint density at radius 2 is 1.95 bits per heavy atom. The molecule has 1 aromatic carbocycles. The van der Waals surface area contributed by atoms with Crippen molar-refractivity contribution in [2.75, 3.05) is 25.0 Å². The van der Waals surface area contributed by atoms with E-state index >= 15 is 0 Å². The summed E-state index contributed by atoms with van der Waals surface area (Å²) in [6.07, 6.45) is -2.62. The topological polar surface area (TPSA) is 15.3 Å². The SMILES string of the molecule is Cc1c(Br)cccc1NC1CCN(CC(F)(F)F)CC1. The van der Waals surface area contributed by atoms with E-state index < -0.39 is 12.7 Å². The molecule has 0 atom stereocenters. The first kappa shape index (κ1) is 15.6. The molecule has 0 aliphatic carbocycles. The van der Waals surface area contributed by atoms with Crippen molar-refractivity contribution in [1.29, 1.82) is 0 Å². The third-order valence-electron chi connectivity index (χ3n) is 3.62. The third-order valence-corrected chi connectivity index (χ3v) is 4.48. The highest BCUT2D eigenvalue weighted by atomic mass is 79.9. The van der Waals surface area contributed by atoms with Crippen LogP contribution in [-0.2, 0) is 0 Å². The van der Waals surface area contributed by atoms with Gasteiger partial charge in [-0.3, -0.25) is 4.90 Å². The zero-order valence-corrected chi connectivity index (χ0v) is 12.9. The number of hydrogen-bond donors (Lipinski definition) is 1. The maximum atomic E-state index is 12.3. The summed E-state index contributed by atoms with van der Waals surface area (Å²) in [5.41, 5.74) is 2.18. The standard InChI is InChI=1S/C14H18BrF3N2/c1-10-12(15)3-2-4-13(10)19-11-5-7-20(8-6-11)9-14(16,17)18/h2-4,11,19H,5-9H2,1H3. The van der Waals surface area contributed by atoms with Crippen LogP contribution in [0.25, 0.3) is 0 Å². The fourth-order valence-electron chi connectivity index (χ4n) is 2.47. The fourth-order valence-corrected chi connectivity index (χ4v) is 2.84. The van der Waals surface area contributed by atoms with Crippen molar-refractivity contribution in [3.05, 3.63) is 28.2 Å². The normalized spacial score (nSPS) is 18.2. The van der Waals surface area contributed by atoms with Crippen LogP contribution in [0.2, 0.25) is 0 Å². The second-order valence-electron chi connectivity index (χ2n) is 5.22. The summed E-state index contributed by atoms with van der Waals surface area (Å²) in [7, 11) is 0. The minimum atomic E-state index is -4.10. The highest BCUT2D eigenvalue weighted by Gasteiger charge is 2.32. The van der Waals surface area contributed by atoms with Crippen molar-refractivity contribution in [2.45, 2.75) is 32.0 Å². The summed E-state index contributed by atoms with van der Waals surface area (Å²) >= 11 is 3.48. The molecule has 0 unspecified atom stereocenters. The summed E-state index contributed by atoms with van der Waals surface area (Å²) < 4.78 is 38.0. The molecule has 2 nitrogen and oxygen atoms in total. The van der Waals surface area contributed by atoms with Gasteiger partial charge < -0.3 is 5.32 Å². The molecule has 1 aromatic rings. The minimum absolute atomic E-state index is 0.243. The lowest BCUT2D eigenvalue weighted by Crippen LogP contribution is -2.43. The van der Waals surface area contributed by atoms with Crippen LogP contribution in [0.1, 0.15) is 18.4 Å². The van der Waals surface area contributed by atoms with Crippen molar-refractivity contribution in [3.8, 4) is 0 Å². The van der Waals surface area contributed by atoms with Crippen LogP contribution < -0.4 is 5.32 Å². The number of nitrogens with zero attached hydrogens (tertiary/aromatic N) is 1. The average molecular weight is 351 g/mol. The molecule has 1 saturated heterocycles. The molecule has 0 radical (unpaired) electrons. The summed E-state index contributed by atoms with van der Waals surface area (Å²) in [4.78, 5) is 1.48. The van der Waals surface area contributed by atoms with E-state index in [1.165, 1.54) is 4.90 Å². The van der Waals surface area contributed by atoms with Crippen LogP contribution in [0.5, 0.6) is 0 Å². The van der Waals surface area contributed by atoms with Gasteiger partial charge in [0.05, 0.1) is 6.54 Å². The van der Waals surface area contributed by atoms with Gasteiger partial charge in [-0.1, -0.05) is 22.0 Å². The molecule has 20 heavy (non-hydrogen) atoms. The minimum Gasteiger partial charge on any atom is -0.382 e. The van der Waals surface area contributed by atoms with E-state index in [-0.39, 0.29) is 6.04 Å². The maximum Gasteiger partial charge on any atom is 0.401 e. The first-order valence-corrected chi connectivity index (χ1v) is 7.45. The smallest absolute Gasteiger partial charge is 0.382 e. The lowest BCUT2D eigenvalue weighted by atomic mass is 10.0. The van der Waals surface area contributed by atoms with Crippen molar-refractivity contribution in [2.24, 2.45) is 0 Å². The van der Waals surface area contributed by atoms with Crippen LogP contribution in [0.15, 0.2) is 22.7 Å². The van der Waals surface area contributed by atoms with Crippen LogP contribution in [0.4, 0.5) is 18.9 Å². The highest BCUT2D eigenvalue weighted by Crippen LogP contribution is 2.26. The Balaban J connectivity index is 1.87. The number of alkyl halides is 3. The number of anilines is 1. The summed E-state index contributed by atoms with van der Waals surface area (Å²) in [5.74, 6) is 0. The molecule has 1 heterocycles. The number of hydrogen-bond acceptors (Lipinski definition) is 2. The third kappa shape index (κ3) is 4.38. The molecule has 1 N–H and O–H groups in total. The molecule has 0 spiro atoms. The Hall–Kier alpha value is -0.750. The maximum absolute atomic E-state index is 12.3. The monoisotopic (exact) mass is 350 g/mol. The molecule has 1 fully saturated rings. The molecule has 0 bridgehead atoms. The zero-order chi connectivity index (χ0) is 14.8. The van der Waals surface area contributed by atoms with E-state index in [4.69, 9.17) is 0 Å². The van der Waals surface area contributed by atoms with Crippen LogP contribution in [-0.4, -0.2) is 36.8 Å². The van der Waals surface area contributed by atoms with Crippen molar-refractivity contribution < 1.29 is 13.2 Å². The van der Waals surface area contributed by atoms with Crippen molar-refractivity contribution >= 4 is 21.6 Å². The van der Waals surface area contributed by atoms with Crippen LogP contribution in [0.3, 0.4) is 0 Å². The largest absolute Gasteiger partial charge is 0.401 e. The molecule has 112 valence electrons. The van der Waals surface area contributed by atoms with E-state index in [2.05, 4.69) is 21.2 Å². The van der Waals surface area contributed by atoms with E-state index in [1.54, 1.807) is 0 Å². The Labute approximate surface area is 125 Å². The second kappa shape index (κ2) is 6.35. The average Bonchev–Trinajstić information content (AvgIpc) is 2.35. The summed E-state index contributed by atoms with van der Waals surface area (Å²) in [6, 6.07) is 6.18. The van der Waals surface area contributed by atoms with Crippen LogP contribution in [0, 0.1) is 6.92 Å². The molecular weight excluding hydrogens is 333 g/mol. The van der Waals surface area contributed by atoms with Gasteiger partial charge in [0.15, 0.2) is 0 Å². The predicted molar refractivity (Wildman–Crippen MR) is 78.0 cm³/mol. The number of piperidine rings is 1. The van der Waals surface area contributed by atoms with Gasteiger partial charge in [-0.2, -0.15) is 13.2 Å². The van der Waals surface area contributed by atoms with Crippen molar-refractivity contribution in [3.63, 3.8) is 0 Å². The first-order chi connectivity index (χ1) is 9.35. The number of rotatable bonds is 3. The van der Waals surface area contributed by atoms with E-state index in [0.717, 1.165) is 28.6 Å². The van der Waals surface area contributed by atoms with Crippen LogP contribution >= 0.6 is 15.9 Å². The summed E-state index contributed by atoms with van der Waals surface area (Å²) in [6.45, 7) is 2.20. The molecule has 6 heteroatoms. The van der Waals surface area contributed by atoms with Gasteiger partial charge in [0.2, 0.25) is 0 Å².